The minimum atomic E-state index is -0.686. The van der Waals surface area contributed by atoms with E-state index in [4.69, 9.17) is 11.6 Å². The highest BCUT2D eigenvalue weighted by molar-refractivity contribution is 6.31. The molecule has 7 heteroatoms. The van der Waals surface area contributed by atoms with E-state index in [1.54, 1.807) is 36.4 Å². The second-order valence-corrected chi connectivity index (χ2v) is 5.67. The van der Waals surface area contributed by atoms with Crippen molar-refractivity contribution in [3.8, 4) is 0 Å². The van der Waals surface area contributed by atoms with E-state index in [1.165, 1.54) is 12.1 Å². The van der Waals surface area contributed by atoms with Crippen LogP contribution in [0.15, 0.2) is 53.5 Å². The molecule has 1 aliphatic rings. The van der Waals surface area contributed by atoms with Gasteiger partial charge in [-0.05, 0) is 24.3 Å². The smallest absolute Gasteiger partial charge is 0.258 e. The zero-order valence-electron chi connectivity index (χ0n) is 12.4. The first-order valence-corrected chi connectivity index (χ1v) is 7.60. The van der Waals surface area contributed by atoms with Crippen LogP contribution in [-0.4, -0.2) is 17.8 Å². The summed E-state index contributed by atoms with van der Waals surface area (Å²) in [4.78, 5) is 28.3. The Morgan fingerprint density at radius 3 is 2.79 bits per heavy atom. The number of aliphatic imine (C=N–C) groups is 1. The van der Waals surface area contributed by atoms with Gasteiger partial charge in [0, 0.05) is 16.1 Å². The number of guanidine groups is 1. The number of benzene rings is 2. The van der Waals surface area contributed by atoms with Crippen molar-refractivity contribution >= 4 is 29.4 Å². The Kier molecular flexibility index (Phi) is 4.57. The summed E-state index contributed by atoms with van der Waals surface area (Å²) in [7, 11) is 0. The summed E-state index contributed by atoms with van der Waals surface area (Å²) in [6, 6.07) is 11.8. The van der Waals surface area contributed by atoms with Gasteiger partial charge in [-0.15, -0.1) is 0 Å². The van der Waals surface area contributed by atoms with Crippen LogP contribution in [0.1, 0.15) is 28.4 Å². The zero-order chi connectivity index (χ0) is 17.1. The van der Waals surface area contributed by atoms with Crippen molar-refractivity contribution in [3.05, 3.63) is 70.5 Å². The molecular formula is C17H13ClFN3O2. The molecule has 0 aliphatic carbocycles. The van der Waals surface area contributed by atoms with Crippen LogP contribution < -0.4 is 10.6 Å². The molecule has 2 N–H and O–H groups in total. The van der Waals surface area contributed by atoms with Crippen molar-refractivity contribution in [2.24, 2.45) is 4.99 Å². The molecular weight excluding hydrogens is 333 g/mol. The maximum Gasteiger partial charge on any atom is 0.258 e. The monoisotopic (exact) mass is 345 g/mol. The van der Waals surface area contributed by atoms with E-state index >= 15 is 0 Å². The van der Waals surface area contributed by atoms with Crippen molar-refractivity contribution in [2.75, 3.05) is 0 Å². The molecule has 0 saturated heterocycles. The highest BCUT2D eigenvalue weighted by atomic mass is 35.5. The first-order valence-electron chi connectivity index (χ1n) is 7.22. The summed E-state index contributed by atoms with van der Waals surface area (Å²) in [5.74, 6) is -1.27. The number of hydrogen-bond donors (Lipinski definition) is 2. The Hall–Kier alpha value is -2.73. The van der Waals surface area contributed by atoms with Crippen molar-refractivity contribution < 1.29 is 14.0 Å². The van der Waals surface area contributed by atoms with Crippen LogP contribution >= 0.6 is 11.6 Å². The molecule has 2 aromatic rings. The molecule has 0 bridgehead atoms. The minimum Gasteiger partial charge on any atom is -0.296 e. The molecule has 1 unspecified atom stereocenters. The molecule has 2 aromatic carbocycles. The highest BCUT2D eigenvalue weighted by Crippen LogP contribution is 2.25. The summed E-state index contributed by atoms with van der Waals surface area (Å²) in [5, 5.41) is 5.40. The van der Waals surface area contributed by atoms with Crippen molar-refractivity contribution in [1.29, 1.82) is 0 Å². The molecule has 0 spiro atoms. The van der Waals surface area contributed by atoms with Gasteiger partial charge in [0.25, 0.3) is 5.91 Å². The highest BCUT2D eigenvalue weighted by Gasteiger charge is 2.25. The van der Waals surface area contributed by atoms with E-state index in [0.717, 1.165) is 0 Å². The number of nitrogens with one attached hydrogen (secondary N) is 2. The minimum absolute atomic E-state index is 0.00974. The molecule has 5 nitrogen and oxygen atoms in total. The summed E-state index contributed by atoms with van der Waals surface area (Å²) in [6.07, 6.45) is 0.0114. The Labute approximate surface area is 142 Å². The summed E-state index contributed by atoms with van der Waals surface area (Å²) < 4.78 is 13.9. The lowest BCUT2D eigenvalue weighted by molar-refractivity contribution is -0.120. The molecule has 0 radical (unpaired) electrons. The van der Waals surface area contributed by atoms with Crippen LogP contribution in [0.25, 0.3) is 0 Å². The Morgan fingerprint density at radius 1 is 1.25 bits per heavy atom. The van der Waals surface area contributed by atoms with Crippen molar-refractivity contribution in [1.82, 2.24) is 10.6 Å². The van der Waals surface area contributed by atoms with Crippen LogP contribution in [0.4, 0.5) is 4.39 Å². The molecule has 122 valence electrons. The number of halogens is 2. The number of carbonyl (C=O) groups excluding carboxylic acids is 2. The van der Waals surface area contributed by atoms with E-state index in [9.17, 15) is 14.0 Å². The molecule has 0 aromatic heterocycles. The predicted octanol–water partition coefficient (Wildman–Crippen LogP) is 2.83. The number of nitrogens with zero attached hydrogens (tertiary/aromatic N) is 1. The summed E-state index contributed by atoms with van der Waals surface area (Å²) >= 11 is 5.85. The quantitative estimate of drug-likeness (QED) is 0.878. The van der Waals surface area contributed by atoms with Crippen LogP contribution in [0.5, 0.6) is 0 Å². The van der Waals surface area contributed by atoms with Gasteiger partial charge in [0.15, 0.2) is 0 Å². The number of rotatable bonds is 2. The fraction of sp³-hybridized carbons (Fsp3) is 0.118. The summed E-state index contributed by atoms with van der Waals surface area (Å²) in [5.41, 5.74) is 0.634. The molecule has 3 rings (SSSR count). The Morgan fingerprint density at radius 2 is 2.04 bits per heavy atom. The van der Waals surface area contributed by atoms with Gasteiger partial charge in [0.1, 0.15) is 5.82 Å². The van der Waals surface area contributed by atoms with Gasteiger partial charge in [-0.25, -0.2) is 9.38 Å². The maximum absolute atomic E-state index is 13.9. The largest absolute Gasteiger partial charge is 0.296 e. The van der Waals surface area contributed by atoms with Crippen LogP contribution in [0, 0.1) is 5.82 Å². The molecule has 1 aliphatic heterocycles. The normalized spacial score (nSPS) is 17.0. The van der Waals surface area contributed by atoms with Gasteiger partial charge >= 0.3 is 0 Å². The average molecular weight is 346 g/mol. The summed E-state index contributed by atoms with van der Waals surface area (Å²) in [6.45, 7) is 0. The standard InChI is InChI=1S/C17H13ClFN3O2/c18-11-5-3-4-10(8-11)16(24)22-17-20-14(9-15(23)21-17)12-6-1-2-7-13(12)19/h1-8,14H,9H2,(H2,20,21,22,23,24). The first-order chi connectivity index (χ1) is 11.5. The lowest BCUT2D eigenvalue weighted by Gasteiger charge is -2.21. The van der Waals surface area contributed by atoms with E-state index < -0.39 is 17.8 Å². The zero-order valence-corrected chi connectivity index (χ0v) is 13.2. The third kappa shape index (κ3) is 3.60. The lowest BCUT2D eigenvalue weighted by Crippen LogP contribution is -2.47. The second kappa shape index (κ2) is 6.80. The first kappa shape index (κ1) is 16.1. The molecule has 1 atom stereocenters. The van der Waals surface area contributed by atoms with Crippen LogP contribution in [-0.2, 0) is 4.79 Å². The van der Waals surface area contributed by atoms with E-state index in [0.29, 0.717) is 16.1 Å². The van der Waals surface area contributed by atoms with Gasteiger partial charge < -0.3 is 0 Å². The van der Waals surface area contributed by atoms with E-state index in [1.807, 2.05) is 0 Å². The Bertz CT molecular complexity index is 838. The number of amides is 2. The average Bonchev–Trinajstić information content (AvgIpc) is 2.54. The van der Waals surface area contributed by atoms with Crippen molar-refractivity contribution in [2.45, 2.75) is 12.5 Å². The predicted molar refractivity (Wildman–Crippen MR) is 88.3 cm³/mol. The SMILES string of the molecule is O=C1CC(c2ccccc2F)N=C(NC(=O)c2cccc(Cl)c2)N1. The van der Waals surface area contributed by atoms with Gasteiger partial charge in [-0.1, -0.05) is 35.9 Å². The third-order valence-corrected chi connectivity index (χ3v) is 3.74. The number of hydrogen-bond acceptors (Lipinski definition) is 3. The Balaban J connectivity index is 1.83. The number of carbonyl (C=O) groups is 2. The van der Waals surface area contributed by atoms with Crippen LogP contribution in [0.2, 0.25) is 5.02 Å². The van der Waals surface area contributed by atoms with Gasteiger partial charge in [-0.2, -0.15) is 0 Å². The molecule has 0 fully saturated rings. The molecule has 2 amide bonds. The fourth-order valence-corrected chi connectivity index (χ4v) is 2.58. The van der Waals surface area contributed by atoms with Crippen molar-refractivity contribution in [3.63, 3.8) is 0 Å². The molecule has 1 heterocycles. The van der Waals surface area contributed by atoms with E-state index in [-0.39, 0.29) is 18.3 Å². The van der Waals surface area contributed by atoms with Crippen LogP contribution in [0.3, 0.4) is 0 Å². The maximum atomic E-state index is 13.9. The lowest BCUT2D eigenvalue weighted by atomic mass is 10.0. The fourth-order valence-electron chi connectivity index (χ4n) is 2.39. The third-order valence-electron chi connectivity index (χ3n) is 3.50. The van der Waals surface area contributed by atoms with E-state index in [2.05, 4.69) is 15.6 Å². The topological polar surface area (TPSA) is 70.6 Å². The molecule has 24 heavy (non-hydrogen) atoms. The molecule has 0 saturated carbocycles. The van der Waals surface area contributed by atoms with Gasteiger partial charge in [-0.3, -0.25) is 20.2 Å². The van der Waals surface area contributed by atoms with Gasteiger partial charge in [0.05, 0.1) is 12.5 Å². The second-order valence-electron chi connectivity index (χ2n) is 5.23. The van der Waals surface area contributed by atoms with Gasteiger partial charge in [0.2, 0.25) is 11.9 Å².